The van der Waals surface area contributed by atoms with Crippen LogP contribution in [-0.4, -0.2) is 5.91 Å². The van der Waals surface area contributed by atoms with Gasteiger partial charge in [-0.1, -0.05) is 50.6 Å². The van der Waals surface area contributed by atoms with E-state index >= 15 is 0 Å². The Morgan fingerprint density at radius 3 is 2.58 bits per heavy atom. The maximum atomic E-state index is 11.7. The second-order valence-electron chi connectivity index (χ2n) is 4.80. The SMILES string of the molecule is CCCCCCCCC(=O)Nc1ccc(Cl)cc1N. The van der Waals surface area contributed by atoms with Gasteiger partial charge >= 0.3 is 0 Å². The molecule has 0 saturated carbocycles. The van der Waals surface area contributed by atoms with Crippen LogP contribution in [0.3, 0.4) is 0 Å². The van der Waals surface area contributed by atoms with Crippen molar-refractivity contribution < 1.29 is 4.79 Å². The molecule has 0 bridgehead atoms. The van der Waals surface area contributed by atoms with E-state index in [9.17, 15) is 4.79 Å². The van der Waals surface area contributed by atoms with E-state index in [1.807, 2.05) is 0 Å². The van der Waals surface area contributed by atoms with Gasteiger partial charge in [0.1, 0.15) is 0 Å². The van der Waals surface area contributed by atoms with Crippen LogP contribution in [0, 0.1) is 0 Å². The van der Waals surface area contributed by atoms with Crippen molar-refractivity contribution in [2.45, 2.75) is 51.9 Å². The fraction of sp³-hybridized carbons (Fsp3) is 0.533. The number of rotatable bonds is 8. The number of benzene rings is 1. The summed E-state index contributed by atoms with van der Waals surface area (Å²) in [7, 11) is 0. The molecule has 0 spiro atoms. The first-order chi connectivity index (χ1) is 9.13. The van der Waals surface area contributed by atoms with Crippen molar-refractivity contribution >= 4 is 28.9 Å². The van der Waals surface area contributed by atoms with E-state index in [-0.39, 0.29) is 5.91 Å². The Balaban J connectivity index is 2.23. The van der Waals surface area contributed by atoms with Crippen molar-refractivity contribution in [3.63, 3.8) is 0 Å². The van der Waals surface area contributed by atoms with E-state index < -0.39 is 0 Å². The predicted octanol–water partition coefficient (Wildman–Crippen LogP) is 4.61. The molecular formula is C15H23ClN2O. The van der Waals surface area contributed by atoms with Crippen LogP contribution in [0.15, 0.2) is 18.2 Å². The molecule has 1 aromatic rings. The lowest BCUT2D eigenvalue weighted by molar-refractivity contribution is -0.116. The number of halogens is 1. The van der Waals surface area contributed by atoms with Crippen molar-refractivity contribution in [1.29, 1.82) is 0 Å². The summed E-state index contributed by atoms with van der Waals surface area (Å²) in [6.07, 6.45) is 7.61. The number of hydrogen-bond donors (Lipinski definition) is 2. The van der Waals surface area contributed by atoms with Crippen molar-refractivity contribution in [2.24, 2.45) is 0 Å². The van der Waals surface area contributed by atoms with Gasteiger partial charge in [-0.25, -0.2) is 0 Å². The summed E-state index contributed by atoms with van der Waals surface area (Å²) in [6.45, 7) is 2.20. The van der Waals surface area contributed by atoms with Crippen LogP contribution in [0.5, 0.6) is 0 Å². The Morgan fingerprint density at radius 2 is 1.89 bits per heavy atom. The second kappa shape index (κ2) is 8.81. The lowest BCUT2D eigenvalue weighted by Gasteiger charge is -2.08. The number of nitrogen functional groups attached to an aromatic ring is 1. The van der Waals surface area contributed by atoms with Gasteiger partial charge in [-0.05, 0) is 24.6 Å². The maximum Gasteiger partial charge on any atom is 0.224 e. The van der Waals surface area contributed by atoms with Crippen molar-refractivity contribution in [2.75, 3.05) is 11.1 Å². The second-order valence-corrected chi connectivity index (χ2v) is 5.23. The minimum atomic E-state index is 0.0181. The zero-order valence-corrected chi connectivity index (χ0v) is 12.3. The van der Waals surface area contributed by atoms with Gasteiger partial charge in [-0.15, -0.1) is 0 Å². The van der Waals surface area contributed by atoms with Crippen LogP contribution in [0.25, 0.3) is 0 Å². The summed E-state index contributed by atoms with van der Waals surface area (Å²) in [6, 6.07) is 5.09. The normalized spacial score (nSPS) is 10.4. The quantitative estimate of drug-likeness (QED) is 0.540. The summed E-state index contributed by atoms with van der Waals surface area (Å²) in [5, 5.41) is 3.39. The van der Waals surface area contributed by atoms with Crippen molar-refractivity contribution in [3.8, 4) is 0 Å². The zero-order valence-electron chi connectivity index (χ0n) is 11.5. The average molecular weight is 283 g/mol. The Morgan fingerprint density at radius 1 is 1.21 bits per heavy atom. The smallest absolute Gasteiger partial charge is 0.224 e. The number of carbonyl (C=O) groups is 1. The highest BCUT2D eigenvalue weighted by molar-refractivity contribution is 6.31. The third-order valence-corrected chi connectivity index (χ3v) is 3.28. The molecule has 0 aliphatic heterocycles. The number of amides is 1. The van der Waals surface area contributed by atoms with Gasteiger partial charge in [-0.3, -0.25) is 4.79 Å². The van der Waals surface area contributed by atoms with Gasteiger partial charge in [0.05, 0.1) is 11.4 Å². The third kappa shape index (κ3) is 6.48. The van der Waals surface area contributed by atoms with E-state index in [0.29, 0.717) is 22.8 Å². The molecule has 0 atom stereocenters. The number of nitrogens with two attached hydrogens (primary N) is 1. The molecule has 0 aliphatic rings. The van der Waals surface area contributed by atoms with Gasteiger partial charge in [-0.2, -0.15) is 0 Å². The first-order valence-corrected chi connectivity index (χ1v) is 7.36. The molecule has 106 valence electrons. The highest BCUT2D eigenvalue weighted by Crippen LogP contribution is 2.22. The molecule has 0 unspecified atom stereocenters. The zero-order chi connectivity index (χ0) is 14.1. The minimum Gasteiger partial charge on any atom is -0.397 e. The number of hydrogen-bond acceptors (Lipinski definition) is 2. The summed E-state index contributed by atoms with van der Waals surface area (Å²) in [4.78, 5) is 11.7. The summed E-state index contributed by atoms with van der Waals surface area (Å²) < 4.78 is 0. The van der Waals surface area contributed by atoms with Gasteiger partial charge < -0.3 is 11.1 Å². The minimum absolute atomic E-state index is 0.0181. The fourth-order valence-electron chi connectivity index (χ4n) is 1.93. The maximum absolute atomic E-state index is 11.7. The van der Waals surface area contributed by atoms with Gasteiger partial charge in [0.2, 0.25) is 5.91 Å². The van der Waals surface area contributed by atoms with Crippen LogP contribution in [0.2, 0.25) is 5.02 Å². The van der Waals surface area contributed by atoms with Crippen LogP contribution < -0.4 is 11.1 Å². The molecule has 1 rings (SSSR count). The first kappa shape index (κ1) is 15.8. The summed E-state index contributed by atoms with van der Waals surface area (Å²) >= 11 is 5.80. The Labute approximate surface area is 120 Å². The lowest BCUT2D eigenvalue weighted by Crippen LogP contribution is -2.12. The van der Waals surface area contributed by atoms with Gasteiger partial charge in [0.15, 0.2) is 0 Å². The van der Waals surface area contributed by atoms with Crippen molar-refractivity contribution in [1.82, 2.24) is 0 Å². The molecule has 0 fully saturated rings. The molecule has 0 aliphatic carbocycles. The van der Waals surface area contributed by atoms with Gasteiger partial charge in [0.25, 0.3) is 0 Å². The molecule has 0 aromatic heterocycles. The largest absolute Gasteiger partial charge is 0.397 e. The van der Waals surface area contributed by atoms with Crippen LogP contribution in [-0.2, 0) is 4.79 Å². The molecule has 3 nitrogen and oxygen atoms in total. The Bertz CT molecular complexity index is 407. The summed E-state index contributed by atoms with van der Waals surface area (Å²) in [5.41, 5.74) is 6.92. The first-order valence-electron chi connectivity index (χ1n) is 6.98. The van der Waals surface area contributed by atoms with Crippen LogP contribution in [0.4, 0.5) is 11.4 Å². The topological polar surface area (TPSA) is 55.1 Å². The van der Waals surface area contributed by atoms with E-state index in [2.05, 4.69) is 12.2 Å². The average Bonchev–Trinajstić information content (AvgIpc) is 2.37. The number of carbonyl (C=O) groups excluding carboxylic acids is 1. The van der Waals surface area contributed by atoms with Crippen LogP contribution >= 0.6 is 11.6 Å². The van der Waals surface area contributed by atoms with Crippen LogP contribution in [0.1, 0.15) is 51.9 Å². The molecule has 1 aromatic carbocycles. The monoisotopic (exact) mass is 282 g/mol. The van der Waals surface area contributed by atoms with E-state index in [1.54, 1.807) is 18.2 Å². The predicted molar refractivity (Wildman–Crippen MR) is 82.5 cm³/mol. The highest BCUT2D eigenvalue weighted by atomic mass is 35.5. The number of anilines is 2. The van der Waals surface area contributed by atoms with Gasteiger partial charge in [0, 0.05) is 11.4 Å². The highest BCUT2D eigenvalue weighted by Gasteiger charge is 2.05. The van der Waals surface area contributed by atoms with E-state index in [0.717, 1.165) is 12.8 Å². The standard InChI is InChI=1S/C15H23ClN2O/c1-2-3-4-5-6-7-8-15(19)18-14-10-9-12(16)11-13(14)17/h9-11H,2-8,17H2,1H3,(H,18,19). The lowest BCUT2D eigenvalue weighted by atomic mass is 10.1. The number of nitrogens with one attached hydrogen (secondary N) is 1. The van der Waals surface area contributed by atoms with E-state index in [4.69, 9.17) is 17.3 Å². The molecule has 19 heavy (non-hydrogen) atoms. The molecule has 0 radical (unpaired) electrons. The molecule has 3 N–H and O–H groups in total. The molecule has 1 amide bonds. The molecule has 0 saturated heterocycles. The number of unbranched alkanes of at least 4 members (excludes halogenated alkanes) is 5. The molecule has 0 heterocycles. The Kier molecular flexibility index (Phi) is 7.34. The van der Waals surface area contributed by atoms with Crippen molar-refractivity contribution in [3.05, 3.63) is 23.2 Å². The Hall–Kier alpha value is -1.22. The summed E-state index contributed by atoms with van der Waals surface area (Å²) in [5.74, 6) is 0.0181. The third-order valence-electron chi connectivity index (χ3n) is 3.05. The molecular weight excluding hydrogens is 260 g/mol. The molecule has 4 heteroatoms. The fourth-order valence-corrected chi connectivity index (χ4v) is 2.11. The van der Waals surface area contributed by atoms with E-state index in [1.165, 1.54) is 25.7 Å².